The highest BCUT2D eigenvalue weighted by Crippen LogP contribution is 2.28. The largest absolute Gasteiger partial charge is 0.488 e. The zero-order chi connectivity index (χ0) is 19.8. The predicted molar refractivity (Wildman–Crippen MR) is 129 cm³/mol. The van der Waals surface area contributed by atoms with Crippen molar-refractivity contribution >= 4 is 29.9 Å². The van der Waals surface area contributed by atoms with Gasteiger partial charge in [-0.05, 0) is 44.4 Å². The van der Waals surface area contributed by atoms with Gasteiger partial charge in [0.15, 0.2) is 5.96 Å². The molecule has 0 aliphatic carbocycles. The molecule has 2 aromatic rings. The van der Waals surface area contributed by atoms with E-state index in [-0.39, 0.29) is 35.6 Å². The quantitative estimate of drug-likeness (QED) is 0.248. The minimum absolute atomic E-state index is 0. The number of nitrogens with one attached hydrogen (secondary N) is 2. The number of rotatable bonds is 8. The number of aliphatic imine (C=N–C) groups is 1. The van der Waals surface area contributed by atoms with E-state index < -0.39 is 0 Å². The number of para-hydroxylation sites is 1. The number of nitrogens with zero attached hydrogens (tertiary/aromatic N) is 2. The maximum atomic E-state index is 11.9. The molecule has 3 rings (SSSR count). The topological polar surface area (TPSA) is 67.7 Å². The normalized spacial score (nSPS) is 15.2. The molecule has 0 amide bonds. The molecular weight excluding hydrogens is 479 g/mol. The van der Waals surface area contributed by atoms with E-state index in [1.165, 1.54) is 5.56 Å². The molecule has 7 heteroatoms. The molecule has 1 aromatic heterocycles. The van der Waals surface area contributed by atoms with Gasteiger partial charge in [0, 0.05) is 37.8 Å². The second-order valence-electron chi connectivity index (χ2n) is 7.06. The summed E-state index contributed by atoms with van der Waals surface area (Å²) in [6.45, 7) is 7.04. The Kier molecular flexibility index (Phi) is 9.50. The van der Waals surface area contributed by atoms with Crippen LogP contribution >= 0.6 is 24.0 Å². The zero-order valence-electron chi connectivity index (χ0n) is 17.2. The Morgan fingerprint density at radius 3 is 2.76 bits per heavy atom. The molecule has 0 radical (unpaired) electrons. The van der Waals surface area contributed by atoms with Crippen LogP contribution in [0.5, 0.6) is 5.75 Å². The van der Waals surface area contributed by atoms with Gasteiger partial charge in [-0.2, -0.15) is 0 Å². The van der Waals surface area contributed by atoms with Gasteiger partial charge in [-0.1, -0.05) is 24.3 Å². The average Bonchev–Trinajstić information content (AvgIpc) is 3.10. The van der Waals surface area contributed by atoms with E-state index in [1.807, 2.05) is 35.8 Å². The van der Waals surface area contributed by atoms with E-state index in [1.54, 1.807) is 12.1 Å². The Labute approximate surface area is 189 Å². The molecule has 0 saturated carbocycles. The van der Waals surface area contributed by atoms with Gasteiger partial charge in [0.25, 0.3) is 5.56 Å². The van der Waals surface area contributed by atoms with Crippen molar-refractivity contribution < 1.29 is 4.74 Å². The molecule has 1 aliphatic rings. The van der Waals surface area contributed by atoms with Gasteiger partial charge in [0.2, 0.25) is 0 Å². The number of pyridine rings is 1. The van der Waals surface area contributed by atoms with Crippen molar-refractivity contribution in [2.45, 2.75) is 45.8 Å². The van der Waals surface area contributed by atoms with E-state index >= 15 is 0 Å². The number of ether oxygens (including phenoxy) is 1. The van der Waals surface area contributed by atoms with Crippen molar-refractivity contribution in [1.82, 2.24) is 15.2 Å². The third kappa shape index (κ3) is 6.76. The first-order valence-electron chi connectivity index (χ1n) is 10.1. The van der Waals surface area contributed by atoms with Gasteiger partial charge >= 0.3 is 0 Å². The molecule has 0 saturated heterocycles. The number of fused-ring (bicyclic) bond motifs is 1. The first kappa shape index (κ1) is 23.3. The number of hydrogen-bond acceptors (Lipinski definition) is 3. The molecule has 0 spiro atoms. The molecule has 1 unspecified atom stereocenters. The van der Waals surface area contributed by atoms with Crippen LogP contribution in [0.1, 0.15) is 31.0 Å². The molecule has 6 nitrogen and oxygen atoms in total. The third-order valence-electron chi connectivity index (χ3n) is 4.88. The standard InChI is InChI=1S/C22H30N4O2.HI/c1-3-23-22(25-16-19-15-18-10-4-5-11-20(18)28-19)24-13-6-7-14-26-17(2)9-8-12-21(26)27;/h4-5,8-12,19H,3,6-7,13-16H2,1-2H3,(H2,23,24,25);1H. The lowest BCUT2D eigenvalue weighted by Crippen LogP contribution is -2.38. The summed E-state index contributed by atoms with van der Waals surface area (Å²) in [6.07, 6.45) is 2.92. The van der Waals surface area contributed by atoms with Gasteiger partial charge in [-0.15, -0.1) is 24.0 Å². The smallest absolute Gasteiger partial charge is 0.250 e. The highest BCUT2D eigenvalue weighted by Gasteiger charge is 2.21. The van der Waals surface area contributed by atoms with Gasteiger partial charge in [0.1, 0.15) is 11.9 Å². The Balaban J connectivity index is 0.00000300. The molecule has 0 fully saturated rings. The molecular formula is C22H31IN4O2. The molecule has 2 heterocycles. The molecule has 1 aromatic carbocycles. The van der Waals surface area contributed by atoms with Gasteiger partial charge in [-0.25, -0.2) is 4.99 Å². The fourth-order valence-electron chi connectivity index (χ4n) is 3.40. The number of hydrogen-bond donors (Lipinski definition) is 2. The zero-order valence-corrected chi connectivity index (χ0v) is 19.5. The summed E-state index contributed by atoms with van der Waals surface area (Å²) in [6, 6.07) is 13.6. The number of aryl methyl sites for hydroxylation is 1. The summed E-state index contributed by atoms with van der Waals surface area (Å²) in [7, 11) is 0. The highest BCUT2D eigenvalue weighted by atomic mass is 127. The molecule has 1 atom stereocenters. The number of halogens is 1. The van der Waals surface area contributed by atoms with Gasteiger partial charge in [0.05, 0.1) is 6.54 Å². The first-order chi connectivity index (χ1) is 13.7. The van der Waals surface area contributed by atoms with Gasteiger partial charge in [-0.3, -0.25) is 4.79 Å². The lowest BCUT2D eigenvalue weighted by Gasteiger charge is -2.14. The van der Waals surface area contributed by atoms with E-state index in [2.05, 4.69) is 28.6 Å². The molecule has 29 heavy (non-hydrogen) atoms. The predicted octanol–water partition coefficient (Wildman–Crippen LogP) is 3.11. The SMILES string of the molecule is CCNC(=NCC1Cc2ccccc2O1)NCCCCn1c(C)cccc1=O.I. The Hall–Kier alpha value is -2.03. The van der Waals surface area contributed by atoms with Crippen molar-refractivity contribution in [2.75, 3.05) is 19.6 Å². The molecule has 158 valence electrons. The fourth-order valence-corrected chi connectivity index (χ4v) is 3.40. The van der Waals surface area contributed by atoms with Crippen LogP contribution in [-0.2, 0) is 13.0 Å². The molecule has 1 aliphatic heterocycles. The van der Waals surface area contributed by atoms with Crippen molar-refractivity contribution in [3.63, 3.8) is 0 Å². The second kappa shape index (κ2) is 11.8. The average molecular weight is 510 g/mol. The van der Waals surface area contributed by atoms with Crippen LogP contribution in [0, 0.1) is 6.92 Å². The Morgan fingerprint density at radius 1 is 1.17 bits per heavy atom. The van der Waals surface area contributed by atoms with Crippen LogP contribution < -0.4 is 20.9 Å². The van der Waals surface area contributed by atoms with Crippen LogP contribution in [0.3, 0.4) is 0 Å². The minimum Gasteiger partial charge on any atom is -0.488 e. The summed E-state index contributed by atoms with van der Waals surface area (Å²) in [5, 5.41) is 6.66. The number of guanidine groups is 1. The summed E-state index contributed by atoms with van der Waals surface area (Å²) < 4.78 is 7.78. The van der Waals surface area contributed by atoms with E-state index in [9.17, 15) is 4.79 Å². The van der Waals surface area contributed by atoms with Crippen molar-refractivity contribution in [2.24, 2.45) is 4.99 Å². The van der Waals surface area contributed by atoms with Crippen LogP contribution in [0.2, 0.25) is 0 Å². The van der Waals surface area contributed by atoms with Crippen LogP contribution in [-0.4, -0.2) is 36.3 Å². The van der Waals surface area contributed by atoms with Crippen molar-refractivity contribution in [3.8, 4) is 5.75 Å². The van der Waals surface area contributed by atoms with E-state index in [4.69, 9.17) is 4.74 Å². The number of unbranched alkanes of at least 4 members (excludes halogenated alkanes) is 1. The highest BCUT2D eigenvalue weighted by molar-refractivity contribution is 14.0. The van der Waals surface area contributed by atoms with E-state index in [0.29, 0.717) is 6.54 Å². The second-order valence-corrected chi connectivity index (χ2v) is 7.06. The van der Waals surface area contributed by atoms with Crippen molar-refractivity contribution in [3.05, 3.63) is 64.1 Å². The molecule has 2 N–H and O–H groups in total. The van der Waals surface area contributed by atoms with Crippen LogP contribution in [0.25, 0.3) is 0 Å². The monoisotopic (exact) mass is 510 g/mol. The Morgan fingerprint density at radius 2 is 2.00 bits per heavy atom. The first-order valence-corrected chi connectivity index (χ1v) is 10.1. The third-order valence-corrected chi connectivity index (χ3v) is 4.88. The van der Waals surface area contributed by atoms with Crippen molar-refractivity contribution in [1.29, 1.82) is 0 Å². The summed E-state index contributed by atoms with van der Waals surface area (Å²) >= 11 is 0. The lowest BCUT2D eigenvalue weighted by molar-refractivity contribution is 0.241. The minimum atomic E-state index is 0. The van der Waals surface area contributed by atoms with Gasteiger partial charge < -0.3 is 19.9 Å². The van der Waals surface area contributed by atoms with Crippen LogP contribution in [0.4, 0.5) is 0 Å². The summed E-state index contributed by atoms with van der Waals surface area (Å²) in [5.74, 6) is 1.79. The van der Waals surface area contributed by atoms with E-state index in [0.717, 1.165) is 56.3 Å². The summed E-state index contributed by atoms with van der Waals surface area (Å²) in [4.78, 5) is 16.6. The maximum absolute atomic E-state index is 11.9. The summed E-state index contributed by atoms with van der Waals surface area (Å²) in [5.41, 5.74) is 2.33. The molecule has 0 bridgehead atoms. The Bertz CT molecular complexity index is 841. The number of benzene rings is 1. The lowest BCUT2D eigenvalue weighted by atomic mass is 10.1. The number of aromatic nitrogens is 1. The van der Waals surface area contributed by atoms with Crippen LogP contribution in [0.15, 0.2) is 52.3 Å². The maximum Gasteiger partial charge on any atom is 0.250 e. The fraction of sp³-hybridized carbons (Fsp3) is 0.455.